The third-order valence-corrected chi connectivity index (χ3v) is 6.76. The summed E-state index contributed by atoms with van der Waals surface area (Å²) in [5.41, 5.74) is 2.10. The van der Waals surface area contributed by atoms with Crippen LogP contribution in [0.1, 0.15) is 41.5 Å². The van der Waals surface area contributed by atoms with E-state index in [-0.39, 0.29) is 17.9 Å². The van der Waals surface area contributed by atoms with Crippen LogP contribution in [0.3, 0.4) is 0 Å². The van der Waals surface area contributed by atoms with Gasteiger partial charge < -0.3 is 19.5 Å². The van der Waals surface area contributed by atoms with Gasteiger partial charge in [-0.25, -0.2) is 0 Å². The Morgan fingerprint density at radius 2 is 1.86 bits per heavy atom. The Hall–Kier alpha value is -3.58. The number of carbonyl (C=O) groups is 2. The van der Waals surface area contributed by atoms with Crippen molar-refractivity contribution in [2.75, 3.05) is 13.7 Å². The smallest absolute Gasteiger partial charge is 0.295 e. The third-order valence-electron chi connectivity index (χ3n) is 5.90. The molecule has 7 heteroatoms. The van der Waals surface area contributed by atoms with Gasteiger partial charge in [0.25, 0.3) is 11.7 Å². The summed E-state index contributed by atoms with van der Waals surface area (Å²) in [7, 11) is 1.58. The summed E-state index contributed by atoms with van der Waals surface area (Å²) in [5, 5.41) is 13.3. The normalized spacial score (nSPS) is 17.3. The van der Waals surface area contributed by atoms with Crippen LogP contribution in [-0.2, 0) is 16.1 Å². The molecule has 3 aromatic rings. The van der Waals surface area contributed by atoms with Gasteiger partial charge in [-0.15, -0.1) is 11.3 Å². The Labute approximate surface area is 209 Å². The quantitative estimate of drug-likeness (QED) is 0.248. The first kappa shape index (κ1) is 24.5. The average molecular weight is 492 g/mol. The van der Waals surface area contributed by atoms with Gasteiger partial charge >= 0.3 is 0 Å². The fraction of sp³-hybridized carbons (Fsp3) is 0.286. The van der Waals surface area contributed by atoms with Crippen LogP contribution in [0, 0.1) is 12.8 Å². The zero-order chi connectivity index (χ0) is 25.1. The van der Waals surface area contributed by atoms with Gasteiger partial charge in [0, 0.05) is 10.4 Å². The molecule has 6 nitrogen and oxygen atoms in total. The van der Waals surface area contributed by atoms with Crippen molar-refractivity contribution in [3.05, 3.63) is 87.1 Å². The summed E-state index contributed by atoms with van der Waals surface area (Å²) in [6, 6.07) is 15.6. The van der Waals surface area contributed by atoms with Gasteiger partial charge in [-0.05, 0) is 65.7 Å². The van der Waals surface area contributed by atoms with Crippen molar-refractivity contribution in [3.8, 4) is 11.5 Å². The Morgan fingerprint density at radius 1 is 1.11 bits per heavy atom. The number of carbonyl (C=O) groups excluding carboxylic acids is 2. The Kier molecular flexibility index (Phi) is 7.26. The number of likely N-dealkylation sites (tertiary alicyclic amines) is 1. The Morgan fingerprint density at radius 3 is 2.46 bits per heavy atom. The van der Waals surface area contributed by atoms with Crippen LogP contribution in [-0.4, -0.2) is 35.4 Å². The molecular formula is C28H29NO5S. The lowest BCUT2D eigenvalue weighted by Crippen LogP contribution is -2.28. The average Bonchev–Trinajstić information content (AvgIpc) is 3.45. The molecule has 0 bridgehead atoms. The highest BCUT2D eigenvalue weighted by Gasteiger charge is 2.46. The van der Waals surface area contributed by atoms with Crippen molar-refractivity contribution in [3.63, 3.8) is 0 Å². The molecule has 1 atom stereocenters. The molecule has 0 spiro atoms. The second-order valence-corrected chi connectivity index (χ2v) is 10.00. The molecule has 1 saturated heterocycles. The van der Waals surface area contributed by atoms with E-state index in [0.717, 1.165) is 21.8 Å². The van der Waals surface area contributed by atoms with Crippen molar-refractivity contribution in [2.24, 2.45) is 5.92 Å². The van der Waals surface area contributed by atoms with E-state index >= 15 is 0 Å². The van der Waals surface area contributed by atoms with Crippen molar-refractivity contribution in [2.45, 2.75) is 33.4 Å². The lowest BCUT2D eigenvalue weighted by molar-refractivity contribution is -0.140. The van der Waals surface area contributed by atoms with Gasteiger partial charge in [0.15, 0.2) is 0 Å². The highest BCUT2D eigenvalue weighted by atomic mass is 32.1. The number of thiophene rings is 1. The van der Waals surface area contributed by atoms with Crippen molar-refractivity contribution < 1.29 is 24.2 Å². The molecule has 1 aromatic heterocycles. The van der Waals surface area contributed by atoms with Crippen LogP contribution in [0.4, 0.5) is 0 Å². The topological polar surface area (TPSA) is 76.1 Å². The summed E-state index contributed by atoms with van der Waals surface area (Å²) in [6.07, 6.45) is 0. The Bertz CT molecular complexity index is 1240. The Balaban J connectivity index is 1.78. The SMILES string of the molecule is COc1ccc(C2/C(=C(/O)c3ccc(OCC(C)C)c(C)c3)C(=O)C(=O)N2Cc2cccs2)cc1. The number of ketones is 1. The maximum atomic E-state index is 13.2. The molecule has 1 amide bonds. The molecule has 0 radical (unpaired) electrons. The zero-order valence-corrected chi connectivity index (χ0v) is 21.1. The molecule has 35 heavy (non-hydrogen) atoms. The minimum Gasteiger partial charge on any atom is -0.507 e. The highest BCUT2D eigenvalue weighted by molar-refractivity contribution is 7.09. The van der Waals surface area contributed by atoms with Crippen LogP contribution >= 0.6 is 11.3 Å². The molecule has 1 N–H and O–H groups in total. The van der Waals surface area contributed by atoms with Crippen LogP contribution in [0.5, 0.6) is 11.5 Å². The largest absolute Gasteiger partial charge is 0.507 e. The van der Waals surface area contributed by atoms with Gasteiger partial charge in [0.1, 0.15) is 17.3 Å². The van der Waals surface area contributed by atoms with Gasteiger partial charge in [-0.2, -0.15) is 0 Å². The van der Waals surface area contributed by atoms with Gasteiger partial charge in [0.05, 0.1) is 31.9 Å². The number of aliphatic hydroxyl groups is 1. The summed E-state index contributed by atoms with van der Waals surface area (Å²) in [4.78, 5) is 28.9. The highest BCUT2D eigenvalue weighted by Crippen LogP contribution is 2.41. The number of aliphatic hydroxyl groups excluding tert-OH is 1. The van der Waals surface area contributed by atoms with Gasteiger partial charge in [0.2, 0.25) is 0 Å². The van der Waals surface area contributed by atoms with E-state index in [2.05, 4.69) is 13.8 Å². The van der Waals surface area contributed by atoms with Gasteiger partial charge in [-0.3, -0.25) is 9.59 Å². The second-order valence-electron chi connectivity index (χ2n) is 8.96. The van der Waals surface area contributed by atoms with Crippen molar-refractivity contribution in [1.82, 2.24) is 4.90 Å². The molecule has 0 saturated carbocycles. The minimum absolute atomic E-state index is 0.0759. The van der Waals surface area contributed by atoms with E-state index in [1.807, 2.05) is 36.6 Å². The number of hydrogen-bond donors (Lipinski definition) is 1. The number of rotatable bonds is 8. The predicted octanol–water partition coefficient (Wildman–Crippen LogP) is 5.72. The summed E-state index contributed by atoms with van der Waals surface area (Å²) >= 11 is 1.51. The number of benzene rings is 2. The zero-order valence-electron chi connectivity index (χ0n) is 20.3. The lowest BCUT2D eigenvalue weighted by Gasteiger charge is -2.25. The molecule has 1 aliphatic heterocycles. The van der Waals surface area contributed by atoms with E-state index in [4.69, 9.17) is 9.47 Å². The number of amides is 1. The number of Topliss-reactive ketones (excluding diaryl/α,β-unsaturated/α-hetero) is 1. The maximum Gasteiger partial charge on any atom is 0.295 e. The first-order chi connectivity index (χ1) is 16.8. The maximum absolute atomic E-state index is 13.2. The van der Waals surface area contributed by atoms with Crippen LogP contribution in [0.25, 0.3) is 5.76 Å². The van der Waals surface area contributed by atoms with E-state index in [0.29, 0.717) is 23.8 Å². The predicted molar refractivity (Wildman–Crippen MR) is 137 cm³/mol. The molecule has 1 unspecified atom stereocenters. The fourth-order valence-electron chi connectivity index (χ4n) is 4.12. The number of aryl methyl sites for hydroxylation is 1. The molecular weight excluding hydrogens is 462 g/mol. The summed E-state index contributed by atoms with van der Waals surface area (Å²) < 4.78 is 11.1. The lowest BCUT2D eigenvalue weighted by atomic mass is 9.94. The first-order valence-corrected chi connectivity index (χ1v) is 12.4. The molecule has 1 aliphatic rings. The standard InChI is InChI=1S/C28H29NO5S/c1-17(2)16-34-23-12-9-20(14-18(23)3)26(30)24-25(19-7-10-21(33-4)11-8-19)29(28(32)27(24)31)15-22-6-5-13-35-22/h5-14,17,25,30H,15-16H2,1-4H3/b26-24-. The van der Waals surface area contributed by atoms with Crippen LogP contribution in [0.2, 0.25) is 0 Å². The van der Waals surface area contributed by atoms with Crippen LogP contribution < -0.4 is 9.47 Å². The van der Waals surface area contributed by atoms with E-state index in [9.17, 15) is 14.7 Å². The molecule has 0 aliphatic carbocycles. The number of hydrogen-bond acceptors (Lipinski definition) is 6. The molecule has 2 heterocycles. The second kappa shape index (κ2) is 10.4. The third kappa shape index (κ3) is 5.10. The van der Waals surface area contributed by atoms with E-state index in [1.165, 1.54) is 16.2 Å². The number of methoxy groups -OCH3 is 1. The number of ether oxygens (including phenoxy) is 2. The van der Waals surface area contributed by atoms with E-state index < -0.39 is 17.7 Å². The monoisotopic (exact) mass is 491 g/mol. The fourth-order valence-corrected chi connectivity index (χ4v) is 4.82. The molecule has 4 rings (SSSR count). The van der Waals surface area contributed by atoms with Crippen molar-refractivity contribution in [1.29, 1.82) is 0 Å². The molecule has 182 valence electrons. The van der Waals surface area contributed by atoms with Crippen LogP contribution in [0.15, 0.2) is 65.6 Å². The van der Waals surface area contributed by atoms with Crippen molar-refractivity contribution >= 4 is 28.8 Å². The molecule has 2 aromatic carbocycles. The molecule has 1 fully saturated rings. The number of nitrogens with zero attached hydrogens (tertiary/aromatic N) is 1. The van der Waals surface area contributed by atoms with Gasteiger partial charge in [-0.1, -0.05) is 32.0 Å². The summed E-state index contributed by atoms with van der Waals surface area (Å²) in [6.45, 7) is 6.89. The summed E-state index contributed by atoms with van der Waals surface area (Å²) in [5.74, 6) is 0.242. The minimum atomic E-state index is -0.722. The first-order valence-electron chi connectivity index (χ1n) is 11.5. The van der Waals surface area contributed by atoms with E-state index in [1.54, 1.807) is 37.4 Å².